The van der Waals surface area contributed by atoms with Gasteiger partial charge in [-0.3, -0.25) is 9.59 Å². The lowest BCUT2D eigenvalue weighted by Crippen LogP contribution is -2.58. The molecule has 0 aromatic heterocycles. The van der Waals surface area contributed by atoms with Crippen molar-refractivity contribution in [2.45, 2.75) is 83.3 Å². The summed E-state index contributed by atoms with van der Waals surface area (Å²) in [5.74, 6) is 0.202. The third-order valence-electron chi connectivity index (χ3n) is 4.77. The number of nitrogens with zero attached hydrogens (tertiary/aromatic N) is 1. The van der Waals surface area contributed by atoms with Gasteiger partial charge in [0.25, 0.3) is 0 Å². The van der Waals surface area contributed by atoms with Crippen LogP contribution in [0.4, 0.5) is 0 Å². The van der Waals surface area contributed by atoms with Gasteiger partial charge in [0, 0.05) is 18.5 Å². The summed E-state index contributed by atoms with van der Waals surface area (Å²) in [6.07, 6.45) is 6.04. The molecule has 1 unspecified atom stereocenters. The second-order valence-electron chi connectivity index (χ2n) is 6.07. The lowest BCUT2D eigenvalue weighted by molar-refractivity contribution is -0.142. The highest BCUT2D eigenvalue weighted by molar-refractivity contribution is 5.94. The zero-order chi connectivity index (χ0) is 14.0. The Kier molecular flexibility index (Phi) is 4.16. The molecule has 1 atom stereocenters. The number of hydrogen-bond donors (Lipinski definition) is 1. The molecule has 108 valence electrons. The van der Waals surface area contributed by atoms with Gasteiger partial charge in [-0.05, 0) is 32.6 Å². The normalized spacial score (nSPS) is 26.9. The standard InChI is InChI=1S/C15H26N2O2/c1-4-12(5-2)17-11(3)10-13(18)16-15(14(17)19)8-6-7-9-15/h11-12H,4-10H2,1-3H3,(H,16,18). The first kappa shape index (κ1) is 14.4. The van der Waals surface area contributed by atoms with Gasteiger partial charge in [-0.15, -0.1) is 0 Å². The van der Waals surface area contributed by atoms with E-state index >= 15 is 0 Å². The minimum absolute atomic E-state index is 0.0115. The molecule has 1 aliphatic heterocycles. The molecule has 0 radical (unpaired) electrons. The summed E-state index contributed by atoms with van der Waals surface area (Å²) in [6.45, 7) is 6.25. The zero-order valence-electron chi connectivity index (χ0n) is 12.4. The highest BCUT2D eigenvalue weighted by Crippen LogP contribution is 2.35. The molecule has 1 saturated heterocycles. The maximum absolute atomic E-state index is 13.0. The molecule has 0 bridgehead atoms. The van der Waals surface area contributed by atoms with E-state index in [1.165, 1.54) is 0 Å². The third-order valence-corrected chi connectivity index (χ3v) is 4.77. The van der Waals surface area contributed by atoms with Gasteiger partial charge in [0.2, 0.25) is 11.8 Å². The van der Waals surface area contributed by atoms with Crippen molar-refractivity contribution in [1.82, 2.24) is 10.2 Å². The van der Waals surface area contributed by atoms with Crippen molar-refractivity contribution < 1.29 is 9.59 Å². The van der Waals surface area contributed by atoms with Crippen LogP contribution in [-0.4, -0.2) is 34.3 Å². The van der Waals surface area contributed by atoms with Crippen LogP contribution in [0.1, 0.15) is 65.7 Å². The van der Waals surface area contributed by atoms with E-state index in [1.807, 2.05) is 11.8 Å². The molecule has 0 aromatic carbocycles. The Labute approximate surface area is 115 Å². The number of hydrogen-bond acceptors (Lipinski definition) is 2. The minimum Gasteiger partial charge on any atom is -0.342 e. The Morgan fingerprint density at radius 3 is 2.37 bits per heavy atom. The molecule has 1 heterocycles. The van der Waals surface area contributed by atoms with Gasteiger partial charge >= 0.3 is 0 Å². The van der Waals surface area contributed by atoms with Crippen LogP contribution in [-0.2, 0) is 9.59 Å². The smallest absolute Gasteiger partial charge is 0.248 e. The van der Waals surface area contributed by atoms with Crippen LogP contribution in [0.25, 0.3) is 0 Å². The van der Waals surface area contributed by atoms with Gasteiger partial charge in [-0.1, -0.05) is 26.7 Å². The van der Waals surface area contributed by atoms with Gasteiger partial charge < -0.3 is 10.2 Å². The molecule has 2 fully saturated rings. The molecule has 4 heteroatoms. The molecule has 2 amide bonds. The van der Waals surface area contributed by atoms with Crippen LogP contribution >= 0.6 is 0 Å². The van der Waals surface area contributed by atoms with Crippen molar-refractivity contribution in [3.05, 3.63) is 0 Å². The van der Waals surface area contributed by atoms with E-state index in [9.17, 15) is 9.59 Å². The Morgan fingerprint density at radius 2 is 1.84 bits per heavy atom. The second kappa shape index (κ2) is 5.51. The van der Waals surface area contributed by atoms with Crippen LogP contribution in [0.5, 0.6) is 0 Å². The number of nitrogens with one attached hydrogen (secondary N) is 1. The van der Waals surface area contributed by atoms with Crippen molar-refractivity contribution in [2.24, 2.45) is 0 Å². The van der Waals surface area contributed by atoms with Crippen molar-refractivity contribution >= 4 is 11.8 Å². The molecule has 1 N–H and O–H groups in total. The van der Waals surface area contributed by atoms with Crippen molar-refractivity contribution in [1.29, 1.82) is 0 Å². The molecular weight excluding hydrogens is 240 g/mol. The monoisotopic (exact) mass is 266 g/mol. The van der Waals surface area contributed by atoms with E-state index in [4.69, 9.17) is 0 Å². The molecule has 2 aliphatic rings. The lowest BCUT2D eigenvalue weighted by Gasteiger charge is -2.39. The number of amides is 2. The van der Waals surface area contributed by atoms with Crippen molar-refractivity contribution in [2.75, 3.05) is 0 Å². The Bertz CT molecular complexity index is 357. The van der Waals surface area contributed by atoms with Gasteiger partial charge in [-0.2, -0.15) is 0 Å². The van der Waals surface area contributed by atoms with E-state index in [1.54, 1.807) is 0 Å². The van der Waals surface area contributed by atoms with Gasteiger partial charge in [0.05, 0.1) is 0 Å². The minimum atomic E-state index is -0.593. The Hall–Kier alpha value is -1.06. The topological polar surface area (TPSA) is 49.4 Å². The first-order valence-corrected chi connectivity index (χ1v) is 7.68. The van der Waals surface area contributed by atoms with Crippen LogP contribution < -0.4 is 5.32 Å². The predicted octanol–water partition coefficient (Wildman–Crippen LogP) is 2.22. The fourth-order valence-electron chi connectivity index (χ4n) is 3.71. The first-order chi connectivity index (χ1) is 9.04. The lowest BCUT2D eigenvalue weighted by atomic mass is 9.94. The van der Waals surface area contributed by atoms with Gasteiger partial charge in [0.15, 0.2) is 0 Å². The number of rotatable bonds is 3. The van der Waals surface area contributed by atoms with E-state index in [0.29, 0.717) is 6.42 Å². The summed E-state index contributed by atoms with van der Waals surface area (Å²) < 4.78 is 0. The molecule has 1 aliphatic carbocycles. The molecule has 19 heavy (non-hydrogen) atoms. The number of carbonyl (C=O) groups excluding carboxylic acids is 2. The Balaban J connectivity index is 2.34. The maximum Gasteiger partial charge on any atom is 0.248 e. The van der Waals surface area contributed by atoms with Gasteiger partial charge in [0.1, 0.15) is 5.54 Å². The highest BCUT2D eigenvalue weighted by atomic mass is 16.2. The largest absolute Gasteiger partial charge is 0.342 e. The summed E-state index contributed by atoms with van der Waals surface area (Å²) in [7, 11) is 0. The fourth-order valence-corrected chi connectivity index (χ4v) is 3.71. The van der Waals surface area contributed by atoms with E-state index in [-0.39, 0.29) is 23.9 Å². The van der Waals surface area contributed by atoms with Crippen LogP contribution in [0.2, 0.25) is 0 Å². The highest BCUT2D eigenvalue weighted by Gasteiger charge is 2.49. The Morgan fingerprint density at radius 1 is 1.26 bits per heavy atom. The van der Waals surface area contributed by atoms with E-state index in [2.05, 4.69) is 19.2 Å². The van der Waals surface area contributed by atoms with Crippen molar-refractivity contribution in [3.63, 3.8) is 0 Å². The average Bonchev–Trinajstić information content (AvgIpc) is 2.80. The average molecular weight is 266 g/mol. The van der Waals surface area contributed by atoms with E-state index < -0.39 is 5.54 Å². The third kappa shape index (κ3) is 2.49. The quantitative estimate of drug-likeness (QED) is 0.851. The summed E-state index contributed by atoms with van der Waals surface area (Å²) in [4.78, 5) is 27.1. The molecule has 4 nitrogen and oxygen atoms in total. The van der Waals surface area contributed by atoms with Crippen LogP contribution in [0, 0.1) is 0 Å². The molecule has 1 spiro atoms. The van der Waals surface area contributed by atoms with Gasteiger partial charge in [-0.25, -0.2) is 0 Å². The zero-order valence-corrected chi connectivity index (χ0v) is 12.4. The predicted molar refractivity (Wildman–Crippen MR) is 74.6 cm³/mol. The van der Waals surface area contributed by atoms with E-state index in [0.717, 1.165) is 38.5 Å². The second-order valence-corrected chi connectivity index (χ2v) is 6.07. The fraction of sp³-hybridized carbons (Fsp3) is 0.867. The summed E-state index contributed by atoms with van der Waals surface area (Å²) >= 11 is 0. The molecule has 0 aromatic rings. The first-order valence-electron chi connectivity index (χ1n) is 7.68. The SMILES string of the molecule is CCC(CC)N1C(=O)C2(CCCC2)NC(=O)CC1C. The molecular formula is C15H26N2O2. The summed E-state index contributed by atoms with van der Waals surface area (Å²) in [5, 5.41) is 3.04. The summed E-state index contributed by atoms with van der Waals surface area (Å²) in [5.41, 5.74) is -0.593. The number of carbonyl (C=O) groups is 2. The van der Waals surface area contributed by atoms with Crippen LogP contribution in [0.15, 0.2) is 0 Å². The van der Waals surface area contributed by atoms with Crippen molar-refractivity contribution in [3.8, 4) is 0 Å². The molecule has 1 saturated carbocycles. The maximum atomic E-state index is 13.0. The summed E-state index contributed by atoms with van der Waals surface area (Å²) in [6, 6.07) is 0.269. The molecule has 2 rings (SSSR count). The van der Waals surface area contributed by atoms with Crippen LogP contribution in [0.3, 0.4) is 0 Å².